The van der Waals surface area contributed by atoms with E-state index in [9.17, 15) is 4.79 Å². The van der Waals surface area contributed by atoms with Crippen LogP contribution in [0.25, 0.3) is 0 Å². The first kappa shape index (κ1) is 18.6. The number of hydrogen-bond acceptors (Lipinski definition) is 5. The topological polar surface area (TPSA) is 67.6 Å². The van der Waals surface area contributed by atoms with Crippen molar-refractivity contribution >= 4 is 5.91 Å². The van der Waals surface area contributed by atoms with Crippen LogP contribution in [0.5, 0.6) is 0 Å². The number of nitrogens with zero attached hydrogens (tertiary/aromatic N) is 2. The van der Waals surface area contributed by atoms with Gasteiger partial charge in [-0.15, -0.1) is 0 Å². The van der Waals surface area contributed by atoms with Crippen LogP contribution in [-0.2, 0) is 17.8 Å². The van der Waals surface area contributed by atoms with E-state index < -0.39 is 0 Å². The molecule has 26 heavy (non-hydrogen) atoms. The summed E-state index contributed by atoms with van der Waals surface area (Å²) in [5.74, 6) is 0.495. The molecule has 1 aromatic heterocycles. The number of aromatic nitrogens is 1. The van der Waals surface area contributed by atoms with Crippen LogP contribution >= 0.6 is 0 Å². The first-order valence-corrected chi connectivity index (χ1v) is 9.04. The van der Waals surface area contributed by atoms with Gasteiger partial charge in [-0.2, -0.15) is 0 Å². The van der Waals surface area contributed by atoms with Crippen molar-refractivity contribution in [1.82, 2.24) is 15.4 Å². The molecule has 3 rings (SSSR count). The Kier molecular flexibility index (Phi) is 5.74. The zero-order valence-corrected chi connectivity index (χ0v) is 15.7. The molecule has 1 N–H and O–H groups in total. The highest BCUT2D eigenvalue weighted by molar-refractivity contribution is 5.92. The molecular weight excluding hydrogens is 330 g/mol. The fourth-order valence-electron chi connectivity index (χ4n) is 3.33. The third-order valence-corrected chi connectivity index (χ3v) is 4.54. The number of hydrogen-bond donors (Lipinski definition) is 1. The maximum Gasteiger partial charge on any atom is 0.273 e. The van der Waals surface area contributed by atoms with Gasteiger partial charge in [-0.25, -0.2) is 0 Å². The molecule has 1 fully saturated rings. The van der Waals surface area contributed by atoms with E-state index in [4.69, 9.17) is 9.26 Å². The van der Waals surface area contributed by atoms with Gasteiger partial charge in [0.1, 0.15) is 0 Å². The first-order chi connectivity index (χ1) is 12.4. The highest BCUT2D eigenvalue weighted by atomic mass is 16.5. The van der Waals surface area contributed by atoms with E-state index in [1.807, 2.05) is 39.1 Å². The zero-order valence-electron chi connectivity index (χ0n) is 15.7. The Morgan fingerprint density at radius 3 is 2.81 bits per heavy atom. The SMILES string of the molecule is CN(Cc1ccccc1)Cc1cc(C(=O)NC2CCOC(C)(C)C2)no1. The summed E-state index contributed by atoms with van der Waals surface area (Å²) in [6.07, 6.45) is 1.61. The highest BCUT2D eigenvalue weighted by Crippen LogP contribution is 2.24. The minimum absolute atomic E-state index is 0.104. The fourth-order valence-corrected chi connectivity index (χ4v) is 3.33. The zero-order chi connectivity index (χ0) is 18.6. The molecule has 140 valence electrons. The molecule has 0 radical (unpaired) electrons. The molecule has 1 saturated heterocycles. The maximum absolute atomic E-state index is 12.4. The van der Waals surface area contributed by atoms with Gasteiger partial charge in [-0.1, -0.05) is 35.5 Å². The standard InChI is InChI=1S/C20H27N3O3/c1-20(2)12-16(9-10-25-20)21-19(24)18-11-17(26-22-18)14-23(3)13-15-7-5-4-6-8-15/h4-8,11,16H,9-10,12-14H2,1-3H3,(H,21,24). The lowest BCUT2D eigenvalue weighted by atomic mass is 9.94. The Hall–Kier alpha value is -2.18. The van der Waals surface area contributed by atoms with Crippen LogP contribution in [0.4, 0.5) is 0 Å². The molecule has 1 unspecified atom stereocenters. The van der Waals surface area contributed by atoms with Gasteiger partial charge in [0.25, 0.3) is 5.91 Å². The van der Waals surface area contributed by atoms with E-state index in [1.165, 1.54) is 5.56 Å². The summed E-state index contributed by atoms with van der Waals surface area (Å²) in [4.78, 5) is 14.5. The molecule has 6 heteroatoms. The van der Waals surface area contributed by atoms with Crippen LogP contribution in [0.1, 0.15) is 48.5 Å². The van der Waals surface area contributed by atoms with Crippen molar-refractivity contribution in [2.24, 2.45) is 0 Å². The van der Waals surface area contributed by atoms with Crippen LogP contribution in [-0.4, -0.2) is 41.3 Å². The number of amides is 1. The lowest BCUT2D eigenvalue weighted by molar-refractivity contribution is -0.0615. The van der Waals surface area contributed by atoms with Gasteiger partial charge in [-0.3, -0.25) is 9.69 Å². The van der Waals surface area contributed by atoms with Crippen LogP contribution in [0, 0.1) is 0 Å². The molecule has 1 aliphatic heterocycles. The predicted molar refractivity (Wildman–Crippen MR) is 98.6 cm³/mol. The van der Waals surface area contributed by atoms with Gasteiger partial charge in [-0.05, 0) is 39.3 Å². The summed E-state index contributed by atoms with van der Waals surface area (Å²) >= 11 is 0. The molecule has 0 saturated carbocycles. The van der Waals surface area contributed by atoms with Crippen LogP contribution in [0.15, 0.2) is 40.9 Å². The Bertz CT molecular complexity index is 727. The largest absolute Gasteiger partial charge is 0.375 e. The second-order valence-electron chi connectivity index (χ2n) is 7.61. The van der Waals surface area contributed by atoms with E-state index in [0.29, 0.717) is 24.6 Å². The summed E-state index contributed by atoms with van der Waals surface area (Å²) in [6.45, 7) is 6.15. The molecule has 1 aromatic carbocycles. The summed E-state index contributed by atoms with van der Waals surface area (Å²) in [5, 5.41) is 6.98. The van der Waals surface area contributed by atoms with Gasteiger partial charge in [0, 0.05) is 25.3 Å². The summed E-state index contributed by atoms with van der Waals surface area (Å²) in [6, 6.07) is 12.1. The smallest absolute Gasteiger partial charge is 0.273 e. The third-order valence-electron chi connectivity index (χ3n) is 4.54. The second-order valence-corrected chi connectivity index (χ2v) is 7.61. The Labute approximate surface area is 154 Å². The quantitative estimate of drug-likeness (QED) is 0.861. The molecule has 1 aliphatic rings. The van der Waals surface area contributed by atoms with E-state index in [1.54, 1.807) is 6.07 Å². The van der Waals surface area contributed by atoms with Gasteiger partial charge in [0.05, 0.1) is 12.1 Å². The number of nitrogens with one attached hydrogen (secondary N) is 1. The number of carbonyl (C=O) groups is 1. The van der Waals surface area contributed by atoms with Crippen molar-refractivity contribution in [3.05, 3.63) is 53.4 Å². The molecule has 0 bridgehead atoms. The van der Waals surface area contributed by atoms with E-state index in [2.05, 4.69) is 27.5 Å². The Morgan fingerprint density at radius 1 is 1.31 bits per heavy atom. The van der Waals surface area contributed by atoms with E-state index in [-0.39, 0.29) is 17.6 Å². The van der Waals surface area contributed by atoms with Crippen molar-refractivity contribution in [1.29, 1.82) is 0 Å². The first-order valence-electron chi connectivity index (χ1n) is 9.04. The minimum Gasteiger partial charge on any atom is -0.375 e. The fraction of sp³-hybridized carbons (Fsp3) is 0.500. The third kappa shape index (κ3) is 5.16. The molecular formula is C20H27N3O3. The van der Waals surface area contributed by atoms with E-state index >= 15 is 0 Å². The summed E-state index contributed by atoms with van der Waals surface area (Å²) in [7, 11) is 2.01. The molecule has 0 spiro atoms. The summed E-state index contributed by atoms with van der Waals surface area (Å²) < 4.78 is 11.0. The van der Waals surface area contributed by atoms with Gasteiger partial charge in [0.15, 0.2) is 11.5 Å². The minimum atomic E-state index is -0.203. The van der Waals surface area contributed by atoms with Crippen molar-refractivity contribution < 1.29 is 14.1 Å². The van der Waals surface area contributed by atoms with Crippen molar-refractivity contribution in [3.8, 4) is 0 Å². The average molecular weight is 357 g/mol. The van der Waals surface area contributed by atoms with Gasteiger partial charge in [0.2, 0.25) is 0 Å². The second kappa shape index (κ2) is 8.01. The molecule has 0 aliphatic carbocycles. The van der Waals surface area contributed by atoms with E-state index in [0.717, 1.165) is 19.4 Å². The number of ether oxygens (including phenoxy) is 1. The Balaban J connectivity index is 1.53. The molecule has 6 nitrogen and oxygen atoms in total. The van der Waals surface area contributed by atoms with Crippen LogP contribution < -0.4 is 5.32 Å². The van der Waals surface area contributed by atoms with Crippen molar-refractivity contribution in [2.45, 2.75) is 51.4 Å². The van der Waals surface area contributed by atoms with Gasteiger partial charge < -0.3 is 14.6 Å². The number of benzene rings is 1. The molecule has 2 heterocycles. The van der Waals surface area contributed by atoms with Crippen LogP contribution in [0.3, 0.4) is 0 Å². The highest BCUT2D eigenvalue weighted by Gasteiger charge is 2.30. The number of rotatable bonds is 6. The van der Waals surface area contributed by atoms with Gasteiger partial charge >= 0.3 is 0 Å². The summed E-state index contributed by atoms with van der Waals surface area (Å²) in [5.41, 5.74) is 1.36. The molecule has 1 atom stereocenters. The lowest BCUT2D eigenvalue weighted by Crippen LogP contribution is -2.45. The average Bonchev–Trinajstić information content (AvgIpc) is 3.03. The lowest BCUT2D eigenvalue weighted by Gasteiger charge is -2.35. The predicted octanol–water partition coefficient (Wildman–Crippen LogP) is 2.99. The molecule has 2 aromatic rings. The number of carbonyl (C=O) groups excluding carboxylic acids is 1. The normalized spacial score (nSPS) is 19.5. The van der Waals surface area contributed by atoms with Crippen LogP contribution in [0.2, 0.25) is 0 Å². The monoisotopic (exact) mass is 357 g/mol. The van der Waals surface area contributed by atoms with Crippen molar-refractivity contribution in [3.63, 3.8) is 0 Å². The van der Waals surface area contributed by atoms with Crippen molar-refractivity contribution in [2.75, 3.05) is 13.7 Å². The molecule has 1 amide bonds. The maximum atomic E-state index is 12.4. The Morgan fingerprint density at radius 2 is 2.08 bits per heavy atom.